The van der Waals surface area contributed by atoms with Gasteiger partial charge in [-0.15, -0.1) is 0 Å². The predicted octanol–water partition coefficient (Wildman–Crippen LogP) is 8.87. The van der Waals surface area contributed by atoms with Crippen LogP contribution >= 0.6 is 0 Å². The maximum absolute atomic E-state index is 14.5. The number of carbonyl (C=O) groups excluding carboxylic acids is 3. The van der Waals surface area contributed by atoms with E-state index in [0.717, 1.165) is 62.5 Å². The second-order valence-electron chi connectivity index (χ2n) is 19.0. The van der Waals surface area contributed by atoms with Crippen molar-refractivity contribution in [1.82, 2.24) is 5.32 Å². The molecule has 4 fully saturated rings. The van der Waals surface area contributed by atoms with Crippen molar-refractivity contribution >= 4 is 23.6 Å². The van der Waals surface area contributed by atoms with E-state index in [4.69, 9.17) is 4.74 Å². The molecule has 5 aliphatic carbocycles. The molecular formula is C43H61NO6. The fourth-order valence-electron chi connectivity index (χ4n) is 12.6. The van der Waals surface area contributed by atoms with Crippen LogP contribution in [0.5, 0.6) is 0 Å². The van der Waals surface area contributed by atoms with Gasteiger partial charge in [0.05, 0.1) is 23.3 Å². The number of allylic oxidation sites excluding steroid dienone is 1. The number of nitrogens with one attached hydrogen (secondary N) is 1. The van der Waals surface area contributed by atoms with Gasteiger partial charge in [0, 0.05) is 11.8 Å². The minimum absolute atomic E-state index is 0.0237. The van der Waals surface area contributed by atoms with Crippen LogP contribution in [0.4, 0.5) is 0 Å². The van der Waals surface area contributed by atoms with Crippen LogP contribution < -0.4 is 5.32 Å². The molecule has 0 radical (unpaired) electrons. The highest BCUT2D eigenvalue weighted by atomic mass is 16.5. The van der Waals surface area contributed by atoms with Crippen LogP contribution in [0, 0.1) is 56.7 Å². The first-order chi connectivity index (χ1) is 23.3. The highest BCUT2D eigenvalue weighted by molar-refractivity contribution is 6.07. The summed E-state index contributed by atoms with van der Waals surface area (Å²) < 4.78 is 6.14. The molecule has 7 nitrogen and oxygen atoms in total. The van der Waals surface area contributed by atoms with Crippen molar-refractivity contribution in [2.24, 2.45) is 56.7 Å². The molecule has 1 aromatic rings. The number of benzene rings is 1. The van der Waals surface area contributed by atoms with E-state index in [1.807, 2.05) is 37.3 Å². The summed E-state index contributed by atoms with van der Waals surface area (Å²) in [7, 11) is 0. The highest BCUT2D eigenvalue weighted by Gasteiger charge is 2.67. The molecule has 9 atom stereocenters. The predicted molar refractivity (Wildman–Crippen MR) is 194 cm³/mol. The number of amides is 1. The molecule has 0 bridgehead atoms. The molecule has 0 spiro atoms. The number of fused-ring (bicyclic) bond motifs is 7. The van der Waals surface area contributed by atoms with Gasteiger partial charge in [0.2, 0.25) is 5.91 Å². The van der Waals surface area contributed by atoms with Gasteiger partial charge in [-0.2, -0.15) is 0 Å². The highest BCUT2D eigenvalue weighted by Crippen LogP contribution is 2.73. The molecule has 2 N–H and O–H groups in total. The largest absolute Gasteiger partial charge is 0.481 e. The van der Waals surface area contributed by atoms with Crippen molar-refractivity contribution in [2.75, 3.05) is 0 Å². The number of aliphatic carboxylic acids is 1. The molecule has 274 valence electrons. The number of ketones is 1. The number of hydrogen-bond donors (Lipinski definition) is 2. The molecule has 6 rings (SSSR count). The average molecular weight is 688 g/mol. The summed E-state index contributed by atoms with van der Waals surface area (Å²) >= 11 is 0. The Labute approximate surface area is 299 Å². The van der Waals surface area contributed by atoms with Gasteiger partial charge in [0.25, 0.3) is 0 Å². The van der Waals surface area contributed by atoms with Gasteiger partial charge in [0.1, 0.15) is 6.10 Å². The lowest BCUT2D eigenvalue weighted by atomic mass is 9.36. The number of ether oxygens (including phenoxy) is 1. The Bertz CT molecular complexity index is 1570. The van der Waals surface area contributed by atoms with Gasteiger partial charge >= 0.3 is 11.9 Å². The molecule has 50 heavy (non-hydrogen) atoms. The molecule has 8 unspecified atom stereocenters. The molecule has 1 amide bonds. The molecule has 0 saturated heterocycles. The number of Topliss-reactive ketones (excluding diaryl/α,β-unsaturated/α-hetero) is 1. The van der Waals surface area contributed by atoms with E-state index in [2.05, 4.69) is 46.9 Å². The second-order valence-corrected chi connectivity index (χ2v) is 19.0. The van der Waals surface area contributed by atoms with Gasteiger partial charge in [-0.05, 0) is 129 Å². The number of rotatable bonds is 8. The zero-order valence-corrected chi connectivity index (χ0v) is 32.0. The summed E-state index contributed by atoms with van der Waals surface area (Å²) in [5.41, 5.74) is 1.17. The monoisotopic (exact) mass is 687 g/mol. The molecule has 7 heteroatoms. The SMILES string of the molecule is CC(C)C1=C2C3CCC4C(C)(CCC5C(C)(C)C(OC(=O)CC(C)(C)C(=O)O)CCC54C)C3CC[C@@]2(C(=O)NC(C)c2ccccc2)CC1=O. The number of esters is 1. The minimum Gasteiger partial charge on any atom is -0.481 e. The Morgan fingerprint density at radius 3 is 2.20 bits per heavy atom. The third-order valence-electron chi connectivity index (χ3n) is 15.1. The van der Waals surface area contributed by atoms with E-state index in [1.54, 1.807) is 13.8 Å². The van der Waals surface area contributed by atoms with Gasteiger partial charge in [-0.3, -0.25) is 19.2 Å². The Morgan fingerprint density at radius 2 is 1.56 bits per heavy atom. The molecule has 0 aromatic heterocycles. The Hall–Kier alpha value is -2.96. The zero-order valence-electron chi connectivity index (χ0n) is 32.0. The summed E-state index contributed by atoms with van der Waals surface area (Å²) in [6, 6.07) is 9.95. The van der Waals surface area contributed by atoms with Crippen molar-refractivity contribution in [3.05, 3.63) is 47.0 Å². The molecular weight excluding hydrogens is 626 g/mol. The quantitative estimate of drug-likeness (QED) is 0.264. The topological polar surface area (TPSA) is 110 Å². The lowest BCUT2D eigenvalue weighted by Gasteiger charge is -2.68. The van der Waals surface area contributed by atoms with Gasteiger partial charge < -0.3 is 15.2 Å². The summed E-state index contributed by atoms with van der Waals surface area (Å²) in [5.74, 6) is 0.370. The van der Waals surface area contributed by atoms with Crippen LogP contribution in [0.1, 0.15) is 138 Å². The summed E-state index contributed by atoms with van der Waals surface area (Å²) in [4.78, 5) is 53.2. The van der Waals surface area contributed by atoms with Gasteiger partial charge in [0.15, 0.2) is 5.78 Å². The third-order valence-corrected chi connectivity index (χ3v) is 15.1. The van der Waals surface area contributed by atoms with Crippen LogP contribution in [0.25, 0.3) is 0 Å². The van der Waals surface area contributed by atoms with Crippen LogP contribution in [0.15, 0.2) is 41.5 Å². The fraction of sp³-hybridized carbons (Fsp3) is 0.721. The van der Waals surface area contributed by atoms with Crippen molar-refractivity contribution in [3.8, 4) is 0 Å². The molecule has 1 aromatic carbocycles. The summed E-state index contributed by atoms with van der Waals surface area (Å²) in [5, 5.41) is 12.9. The molecule has 5 aliphatic rings. The number of carboxylic acid groups (broad SMARTS) is 1. The van der Waals surface area contributed by atoms with Crippen molar-refractivity contribution in [3.63, 3.8) is 0 Å². The normalized spacial score (nSPS) is 36.8. The van der Waals surface area contributed by atoms with E-state index >= 15 is 0 Å². The summed E-state index contributed by atoms with van der Waals surface area (Å²) in [6.07, 6.45) is 7.54. The van der Waals surface area contributed by atoms with Crippen LogP contribution in [0.3, 0.4) is 0 Å². The zero-order chi connectivity index (χ0) is 36.6. The Balaban J connectivity index is 1.27. The van der Waals surface area contributed by atoms with Crippen LogP contribution in [0.2, 0.25) is 0 Å². The summed E-state index contributed by atoms with van der Waals surface area (Å²) in [6.45, 7) is 19.0. The van der Waals surface area contributed by atoms with Crippen LogP contribution in [-0.2, 0) is 23.9 Å². The first kappa shape index (κ1) is 36.8. The molecule has 4 saturated carbocycles. The minimum atomic E-state index is -1.16. The van der Waals surface area contributed by atoms with Crippen molar-refractivity contribution in [1.29, 1.82) is 0 Å². The second kappa shape index (κ2) is 12.6. The number of carboxylic acids is 1. The third kappa shape index (κ3) is 5.68. The first-order valence-corrected chi connectivity index (χ1v) is 19.4. The van der Waals surface area contributed by atoms with Gasteiger partial charge in [-0.25, -0.2) is 0 Å². The smallest absolute Gasteiger partial charge is 0.309 e. The Morgan fingerprint density at radius 1 is 0.900 bits per heavy atom. The van der Waals surface area contributed by atoms with E-state index in [1.165, 1.54) is 5.57 Å². The molecule has 0 aliphatic heterocycles. The maximum atomic E-state index is 14.5. The van der Waals surface area contributed by atoms with E-state index in [0.29, 0.717) is 24.2 Å². The first-order valence-electron chi connectivity index (χ1n) is 19.4. The van der Waals surface area contributed by atoms with Gasteiger partial charge in [-0.1, -0.05) is 71.9 Å². The van der Waals surface area contributed by atoms with E-state index in [-0.39, 0.29) is 58.3 Å². The standard InChI is InChI=1S/C43H61NO6/c1-25(2)35-30(45)23-43(37(47)44-26(3)27-13-11-10-12-14-27)22-17-29-28(36(35)43)15-16-32-41(29,8)20-18-31-40(6,7)33(19-21-42(31,32)9)50-34(46)24-39(4,5)38(48)49/h10-14,25-26,28-29,31-33H,15-24H2,1-9H3,(H,44,47)(H,48,49)/t26?,28?,29?,31?,32?,33?,41?,42?,43-/m1/s1. The maximum Gasteiger partial charge on any atom is 0.309 e. The van der Waals surface area contributed by atoms with Crippen LogP contribution in [-0.4, -0.2) is 34.8 Å². The lowest BCUT2D eigenvalue weighted by molar-refractivity contribution is -0.213. The van der Waals surface area contributed by atoms with Crippen molar-refractivity contribution < 1.29 is 29.0 Å². The number of hydrogen-bond acceptors (Lipinski definition) is 5. The van der Waals surface area contributed by atoms with E-state index < -0.39 is 22.8 Å². The lowest BCUT2D eigenvalue weighted by Crippen LogP contribution is -2.63. The fourth-order valence-corrected chi connectivity index (χ4v) is 12.6. The number of carbonyl (C=O) groups is 4. The van der Waals surface area contributed by atoms with Crippen molar-refractivity contribution in [2.45, 2.75) is 139 Å². The Kier molecular flexibility index (Phi) is 9.29. The van der Waals surface area contributed by atoms with E-state index in [9.17, 15) is 24.3 Å². The average Bonchev–Trinajstić information content (AvgIpc) is 3.36. The molecule has 0 heterocycles.